The third-order valence-corrected chi connectivity index (χ3v) is 14.5. The molecule has 0 radical (unpaired) electrons. The van der Waals surface area contributed by atoms with Crippen LogP contribution in [0, 0.1) is 29.1 Å². The molecule has 8 rings (SSSR count). The summed E-state index contributed by atoms with van der Waals surface area (Å²) in [6.07, 6.45) is 0.447. The van der Waals surface area contributed by atoms with Gasteiger partial charge in [0.25, 0.3) is 5.91 Å². The molecule has 2 bridgehead atoms. The summed E-state index contributed by atoms with van der Waals surface area (Å²) in [5.41, 5.74) is 5.89. The predicted octanol–water partition coefficient (Wildman–Crippen LogP) is 6.93. The standard InChI is InChI=1S/C53H70N6O7/c1-33-44-27-40(53(44,3)4)28-45(33)56-51(62)48-47(34(2)65-52(63)54-29-36-19-14-11-15-20-36)46(32-60)66-59(48)30-37-21-16-22-43(49(37)64-9)38-24-39(26-42(25-38)58(7)8)50(61)55-41(31-57(5)6)23-35-17-12-10-13-18-35/h10-22,24-26,33-34,40-41,44-48,60H,23,27-32H2,1-9H3,(H,54,63)(H,55,61)(H,56,62)/t33-,34-,40+,41-,44-,45-,46-,47+,48-/m0/s1. The minimum absolute atomic E-state index is 0.0277. The van der Waals surface area contributed by atoms with E-state index in [0.29, 0.717) is 36.1 Å². The number of hydrogen-bond donors (Lipinski definition) is 4. The van der Waals surface area contributed by atoms with Crippen LogP contribution < -0.4 is 25.6 Å². The molecule has 0 unspecified atom stereocenters. The molecule has 4 N–H and O–H groups in total. The van der Waals surface area contributed by atoms with E-state index in [2.05, 4.69) is 53.8 Å². The van der Waals surface area contributed by atoms with E-state index in [1.54, 1.807) is 19.1 Å². The summed E-state index contributed by atoms with van der Waals surface area (Å²) in [6, 6.07) is 30.2. The van der Waals surface area contributed by atoms with Crippen molar-refractivity contribution in [2.45, 2.75) is 90.4 Å². The number of likely N-dealkylation sites (N-methyl/N-ethyl adjacent to an activating group) is 1. The molecule has 4 aromatic carbocycles. The molecular weight excluding hydrogens is 833 g/mol. The molecule has 0 spiro atoms. The first-order valence-electron chi connectivity index (χ1n) is 23.4. The smallest absolute Gasteiger partial charge is 0.407 e. The lowest BCUT2D eigenvalue weighted by Crippen LogP contribution is -2.62. The predicted molar refractivity (Wildman–Crippen MR) is 258 cm³/mol. The first-order chi connectivity index (χ1) is 31.6. The highest BCUT2D eigenvalue weighted by Gasteiger charge is 2.57. The number of carbonyl (C=O) groups excluding carboxylic acids is 3. The topological polar surface area (TPSA) is 145 Å². The molecule has 354 valence electrons. The number of aliphatic hydroxyl groups is 1. The van der Waals surface area contributed by atoms with Crippen LogP contribution in [0.15, 0.2) is 97.1 Å². The maximum atomic E-state index is 14.9. The van der Waals surface area contributed by atoms with E-state index in [1.807, 2.05) is 118 Å². The molecule has 1 saturated heterocycles. The van der Waals surface area contributed by atoms with Crippen molar-refractivity contribution in [1.82, 2.24) is 25.9 Å². The minimum atomic E-state index is -0.927. The number of hydrogen-bond acceptors (Lipinski definition) is 10. The number of amides is 3. The normalized spacial score (nSPS) is 24.1. The number of carbonyl (C=O) groups is 3. The van der Waals surface area contributed by atoms with Crippen molar-refractivity contribution in [1.29, 1.82) is 0 Å². The fraction of sp³-hybridized carbons (Fsp3) is 0.491. The van der Waals surface area contributed by atoms with E-state index in [4.69, 9.17) is 14.3 Å². The molecule has 3 saturated carbocycles. The average Bonchev–Trinajstić information content (AvgIpc) is 3.67. The van der Waals surface area contributed by atoms with Crippen LogP contribution in [-0.2, 0) is 33.9 Å². The number of ether oxygens (including phenoxy) is 2. The lowest BCUT2D eigenvalue weighted by molar-refractivity contribution is -0.183. The molecule has 13 heteroatoms. The molecule has 3 amide bonds. The monoisotopic (exact) mass is 903 g/mol. The van der Waals surface area contributed by atoms with Crippen LogP contribution in [0.1, 0.15) is 67.6 Å². The molecule has 4 aliphatic rings. The summed E-state index contributed by atoms with van der Waals surface area (Å²) >= 11 is 0. The molecule has 4 fully saturated rings. The maximum absolute atomic E-state index is 14.9. The number of aliphatic hydroxyl groups excluding tert-OH is 1. The highest BCUT2D eigenvalue weighted by Crippen LogP contribution is 2.61. The Morgan fingerprint density at radius 3 is 2.24 bits per heavy atom. The zero-order chi connectivity index (χ0) is 47.3. The molecule has 0 aromatic heterocycles. The molecule has 1 aliphatic heterocycles. The Balaban J connectivity index is 1.17. The third kappa shape index (κ3) is 10.9. The van der Waals surface area contributed by atoms with E-state index >= 15 is 0 Å². The van der Waals surface area contributed by atoms with Gasteiger partial charge >= 0.3 is 6.09 Å². The Hall–Kier alpha value is -5.47. The van der Waals surface area contributed by atoms with E-state index in [-0.39, 0.29) is 48.3 Å². The third-order valence-electron chi connectivity index (χ3n) is 14.5. The number of fused-ring (bicyclic) bond motifs is 2. The summed E-state index contributed by atoms with van der Waals surface area (Å²) in [6.45, 7) is 9.30. The fourth-order valence-electron chi connectivity index (χ4n) is 10.8. The molecular formula is C53H70N6O7. The number of hydroxylamine groups is 2. The zero-order valence-electron chi connectivity index (χ0n) is 40.1. The molecule has 9 atom stereocenters. The van der Waals surface area contributed by atoms with Crippen LogP contribution in [0.2, 0.25) is 0 Å². The van der Waals surface area contributed by atoms with Crippen LogP contribution in [0.4, 0.5) is 10.5 Å². The molecule has 66 heavy (non-hydrogen) atoms. The van der Waals surface area contributed by atoms with Gasteiger partial charge in [-0.1, -0.05) is 99.6 Å². The van der Waals surface area contributed by atoms with Gasteiger partial charge < -0.3 is 40.3 Å². The summed E-state index contributed by atoms with van der Waals surface area (Å²) in [5, 5.41) is 22.0. The van der Waals surface area contributed by atoms with Crippen LogP contribution in [0.25, 0.3) is 11.1 Å². The summed E-state index contributed by atoms with van der Waals surface area (Å²) in [7, 11) is 9.50. The highest BCUT2D eigenvalue weighted by molar-refractivity contribution is 5.97. The van der Waals surface area contributed by atoms with E-state index < -0.39 is 36.9 Å². The van der Waals surface area contributed by atoms with Crippen LogP contribution in [-0.4, -0.2) is 112 Å². The SMILES string of the molecule is COc1c(CN2O[C@@H](CO)[C@@H]([C@H](C)OC(=O)NCc3ccccc3)[C@H]2C(=O)N[C@H]2C[C@H]3C[C@@H]([C@@H]2C)C3(C)C)cccc1-c1cc(C(=O)N[C@@H](Cc2ccccc2)CN(C)C)cc(N(C)C)c1. The van der Waals surface area contributed by atoms with Crippen molar-refractivity contribution in [3.05, 3.63) is 119 Å². The lowest BCUT2D eigenvalue weighted by atomic mass is 9.45. The van der Waals surface area contributed by atoms with Gasteiger partial charge in [-0.15, -0.1) is 0 Å². The van der Waals surface area contributed by atoms with Gasteiger partial charge in [-0.25, -0.2) is 4.79 Å². The average molecular weight is 903 g/mol. The highest BCUT2D eigenvalue weighted by atomic mass is 16.7. The summed E-state index contributed by atoms with van der Waals surface area (Å²) in [4.78, 5) is 52.8. The van der Waals surface area contributed by atoms with Gasteiger partial charge in [-0.05, 0) is 98.3 Å². The number of benzene rings is 4. The number of methoxy groups -OCH3 is 1. The summed E-state index contributed by atoms with van der Waals surface area (Å²) < 4.78 is 12.2. The van der Waals surface area contributed by atoms with Crippen molar-refractivity contribution in [3.8, 4) is 16.9 Å². The van der Waals surface area contributed by atoms with Gasteiger partial charge in [0.2, 0.25) is 5.91 Å². The number of nitrogens with one attached hydrogen (secondary N) is 3. The van der Waals surface area contributed by atoms with Crippen molar-refractivity contribution in [2.24, 2.45) is 29.1 Å². The van der Waals surface area contributed by atoms with Gasteiger partial charge in [0.1, 0.15) is 24.0 Å². The van der Waals surface area contributed by atoms with Crippen molar-refractivity contribution in [3.63, 3.8) is 0 Å². The number of para-hydroxylation sites is 1. The Morgan fingerprint density at radius 1 is 0.924 bits per heavy atom. The van der Waals surface area contributed by atoms with Gasteiger partial charge in [0.15, 0.2) is 0 Å². The number of anilines is 1. The van der Waals surface area contributed by atoms with Crippen LogP contribution >= 0.6 is 0 Å². The number of nitrogens with zero attached hydrogens (tertiary/aromatic N) is 3. The Bertz CT molecular complexity index is 2290. The second kappa shape index (κ2) is 21.0. The lowest BCUT2D eigenvalue weighted by Gasteiger charge is -2.62. The van der Waals surface area contributed by atoms with Gasteiger partial charge in [0, 0.05) is 61.6 Å². The van der Waals surface area contributed by atoms with Crippen molar-refractivity contribution < 1.29 is 33.8 Å². The van der Waals surface area contributed by atoms with E-state index in [1.165, 1.54) is 6.42 Å². The molecule has 3 aliphatic carbocycles. The Labute approximate surface area is 391 Å². The Morgan fingerprint density at radius 2 is 1.62 bits per heavy atom. The largest absolute Gasteiger partial charge is 0.496 e. The first kappa shape index (κ1) is 48.5. The van der Waals surface area contributed by atoms with Crippen molar-refractivity contribution >= 4 is 23.6 Å². The molecule has 4 aromatic rings. The quantitative estimate of drug-likeness (QED) is 0.0831. The second-order valence-corrected chi connectivity index (χ2v) is 19.7. The van der Waals surface area contributed by atoms with Gasteiger partial charge in [-0.2, -0.15) is 5.06 Å². The fourth-order valence-corrected chi connectivity index (χ4v) is 10.8. The Kier molecular flexibility index (Phi) is 15.4. The van der Waals surface area contributed by atoms with Gasteiger partial charge in [-0.3, -0.25) is 14.4 Å². The number of rotatable bonds is 18. The first-order valence-corrected chi connectivity index (χ1v) is 23.4. The van der Waals surface area contributed by atoms with E-state index in [9.17, 15) is 19.5 Å². The minimum Gasteiger partial charge on any atom is -0.496 e. The number of alkyl carbamates (subject to hydrolysis) is 1. The zero-order valence-corrected chi connectivity index (χ0v) is 40.1. The van der Waals surface area contributed by atoms with Gasteiger partial charge in [0.05, 0.1) is 26.2 Å². The molecule has 1 heterocycles. The second-order valence-electron chi connectivity index (χ2n) is 19.7. The van der Waals surface area contributed by atoms with Crippen LogP contribution in [0.3, 0.4) is 0 Å². The summed E-state index contributed by atoms with van der Waals surface area (Å²) in [5.74, 6) is 0.718. The van der Waals surface area contributed by atoms with Crippen LogP contribution in [0.5, 0.6) is 5.75 Å². The van der Waals surface area contributed by atoms with E-state index in [0.717, 1.165) is 39.9 Å². The maximum Gasteiger partial charge on any atom is 0.407 e. The van der Waals surface area contributed by atoms with Crippen molar-refractivity contribution in [2.75, 3.05) is 53.4 Å². The molecule has 13 nitrogen and oxygen atoms in total.